The average Bonchev–Trinajstić information content (AvgIpc) is 3.21. The quantitative estimate of drug-likeness (QED) is 0.361. The zero-order chi connectivity index (χ0) is 24.4. The second-order valence-electron chi connectivity index (χ2n) is 10.5. The zero-order valence-electron chi connectivity index (χ0n) is 21.0. The molecule has 0 saturated heterocycles. The Kier molecular flexibility index (Phi) is 7.12. The number of alkyl halides is 2. The van der Waals surface area contributed by atoms with Gasteiger partial charge in [-0.15, -0.1) is 0 Å². The number of anilines is 1. The predicted octanol–water partition coefficient (Wildman–Crippen LogP) is 5.78. The normalized spacial score (nSPS) is 21.6. The van der Waals surface area contributed by atoms with Crippen LogP contribution in [0.25, 0.3) is 10.9 Å². The minimum atomic E-state index is -1.07. The maximum absolute atomic E-state index is 15.5. The van der Waals surface area contributed by atoms with Gasteiger partial charge in [-0.2, -0.15) is 0 Å². The predicted molar refractivity (Wildman–Crippen MR) is 141 cm³/mol. The maximum Gasteiger partial charge on any atom is 0.123 e. The lowest BCUT2D eigenvalue weighted by atomic mass is 9.79. The molecule has 0 bridgehead atoms. The van der Waals surface area contributed by atoms with E-state index in [0.717, 1.165) is 37.1 Å². The Balaban J connectivity index is 1.47. The van der Waals surface area contributed by atoms with E-state index < -0.39 is 5.67 Å². The molecule has 3 aromatic rings. The van der Waals surface area contributed by atoms with Crippen LogP contribution in [0.5, 0.6) is 0 Å². The highest BCUT2D eigenvalue weighted by Crippen LogP contribution is 2.45. The van der Waals surface area contributed by atoms with Gasteiger partial charge in [0, 0.05) is 55.0 Å². The molecule has 1 saturated carbocycles. The number of nitrogens with one attached hydrogen (secondary N) is 2. The van der Waals surface area contributed by atoms with E-state index >= 15 is 4.39 Å². The number of para-hydroxylation sites is 1. The molecule has 0 spiro atoms. The summed E-state index contributed by atoms with van der Waals surface area (Å²) in [4.78, 5) is 8.35. The van der Waals surface area contributed by atoms with Crippen molar-refractivity contribution in [2.75, 3.05) is 44.8 Å². The molecule has 1 fully saturated rings. The van der Waals surface area contributed by atoms with Crippen molar-refractivity contribution >= 4 is 16.6 Å². The van der Waals surface area contributed by atoms with Gasteiger partial charge in [0.1, 0.15) is 5.67 Å². The summed E-state index contributed by atoms with van der Waals surface area (Å²) >= 11 is 0. The molecule has 1 unspecified atom stereocenters. The summed E-state index contributed by atoms with van der Waals surface area (Å²) in [7, 11) is 2.09. The molecule has 2 aromatic carbocycles. The van der Waals surface area contributed by atoms with Gasteiger partial charge in [0.2, 0.25) is 0 Å². The van der Waals surface area contributed by atoms with E-state index in [9.17, 15) is 4.39 Å². The molecule has 1 aliphatic heterocycles. The number of hydrogen-bond donors (Lipinski definition) is 2. The molecule has 2 heterocycles. The van der Waals surface area contributed by atoms with Gasteiger partial charge in [-0.25, -0.2) is 4.39 Å². The van der Waals surface area contributed by atoms with Crippen LogP contribution in [0.2, 0.25) is 0 Å². The molecule has 1 aliphatic carbocycles. The summed E-state index contributed by atoms with van der Waals surface area (Å²) in [5, 5.41) is 4.59. The summed E-state index contributed by atoms with van der Waals surface area (Å²) in [6.07, 6.45) is 3.80. The monoisotopic (exact) mass is 480 g/mol. The Morgan fingerprint density at radius 1 is 1.14 bits per heavy atom. The molecule has 5 rings (SSSR count). The number of halogens is 2. The van der Waals surface area contributed by atoms with Crippen LogP contribution in [0.3, 0.4) is 0 Å². The van der Waals surface area contributed by atoms with Crippen LogP contribution in [0.1, 0.15) is 55.5 Å². The summed E-state index contributed by atoms with van der Waals surface area (Å²) in [6, 6.07) is 17.5. The Morgan fingerprint density at radius 3 is 2.74 bits per heavy atom. The highest BCUT2D eigenvalue weighted by Gasteiger charge is 2.44. The molecule has 6 heteroatoms. The highest BCUT2D eigenvalue weighted by atomic mass is 19.1. The van der Waals surface area contributed by atoms with Crippen molar-refractivity contribution in [1.82, 2.24) is 15.2 Å². The zero-order valence-corrected chi connectivity index (χ0v) is 21.0. The fraction of sp³-hybridized carbons (Fsp3) is 0.517. The van der Waals surface area contributed by atoms with Crippen LogP contribution >= 0.6 is 0 Å². The highest BCUT2D eigenvalue weighted by molar-refractivity contribution is 5.85. The van der Waals surface area contributed by atoms with Gasteiger partial charge < -0.3 is 15.2 Å². The van der Waals surface area contributed by atoms with Crippen molar-refractivity contribution in [2.24, 2.45) is 0 Å². The second kappa shape index (κ2) is 10.3. The van der Waals surface area contributed by atoms with Gasteiger partial charge in [-0.3, -0.25) is 9.29 Å². The van der Waals surface area contributed by atoms with Crippen molar-refractivity contribution in [3.8, 4) is 0 Å². The van der Waals surface area contributed by atoms with E-state index in [2.05, 4.69) is 82.6 Å². The smallest absolute Gasteiger partial charge is 0.123 e. The first kappa shape index (κ1) is 24.3. The van der Waals surface area contributed by atoms with E-state index in [-0.39, 0.29) is 18.8 Å². The Morgan fingerprint density at radius 2 is 1.97 bits per heavy atom. The van der Waals surface area contributed by atoms with Gasteiger partial charge in [0.15, 0.2) is 0 Å². The van der Waals surface area contributed by atoms with Crippen molar-refractivity contribution in [1.29, 1.82) is 0 Å². The van der Waals surface area contributed by atoms with Gasteiger partial charge in [0.25, 0.3) is 0 Å². The van der Waals surface area contributed by atoms with Gasteiger partial charge in [0.05, 0.1) is 12.7 Å². The molecule has 188 valence electrons. The third-order valence-electron chi connectivity index (χ3n) is 7.97. The minimum Gasteiger partial charge on any atom is -0.373 e. The van der Waals surface area contributed by atoms with Crippen molar-refractivity contribution in [3.63, 3.8) is 0 Å². The van der Waals surface area contributed by atoms with Crippen LogP contribution in [0.15, 0.2) is 48.5 Å². The number of fused-ring (bicyclic) bond motifs is 3. The van der Waals surface area contributed by atoms with E-state index in [1.54, 1.807) is 0 Å². The van der Waals surface area contributed by atoms with E-state index in [1.807, 2.05) is 0 Å². The number of nitrogens with zero attached hydrogens (tertiary/aromatic N) is 2. The first-order chi connectivity index (χ1) is 17.0. The maximum atomic E-state index is 15.5. The fourth-order valence-corrected chi connectivity index (χ4v) is 5.78. The van der Waals surface area contributed by atoms with Crippen molar-refractivity contribution in [2.45, 2.75) is 56.8 Å². The molecule has 0 amide bonds. The first-order valence-corrected chi connectivity index (χ1v) is 13.1. The van der Waals surface area contributed by atoms with E-state index in [4.69, 9.17) is 0 Å². The molecule has 4 nitrogen and oxygen atoms in total. The largest absolute Gasteiger partial charge is 0.373 e. The van der Waals surface area contributed by atoms with Crippen LogP contribution in [0, 0.1) is 0 Å². The lowest BCUT2D eigenvalue weighted by molar-refractivity contribution is -0.00707. The number of likely N-dealkylation sites (N-methyl/N-ethyl adjacent to an activating group) is 1. The number of aromatic amines is 1. The Hall–Kier alpha value is -2.44. The molecule has 2 N–H and O–H groups in total. The van der Waals surface area contributed by atoms with Crippen LogP contribution in [-0.4, -0.2) is 61.5 Å². The molecular formula is C29H38F2N4. The Bertz CT molecular complexity index is 1140. The third-order valence-corrected chi connectivity index (χ3v) is 7.97. The molecule has 35 heavy (non-hydrogen) atoms. The number of hydrogen-bond acceptors (Lipinski definition) is 3. The topological polar surface area (TPSA) is 34.3 Å². The summed E-state index contributed by atoms with van der Waals surface area (Å²) in [5.41, 5.74) is 5.00. The van der Waals surface area contributed by atoms with E-state index in [0.29, 0.717) is 32.4 Å². The molecule has 2 aliphatic rings. The molecule has 1 aromatic heterocycles. The minimum absolute atomic E-state index is 0.00888. The van der Waals surface area contributed by atoms with Crippen molar-refractivity contribution < 1.29 is 8.78 Å². The average molecular weight is 481 g/mol. The lowest BCUT2D eigenvalue weighted by Gasteiger charge is -2.46. The van der Waals surface area contributed by atoms with Crippen LogP contribution < -0.4 is 10.2 Å². The summed E-state index contributed by atoms with van der Waals surface area (Å²) in [6.45, 7) is 4.80. The van der Waals surface area contributed by atoms with Crippen molar-refractivity contribution in [3.05, 3.63) is 65.4 Å². The molecular weight excluding hydrogens is 442 g/mol. The standard InChI is InChI=1S/C29H38F2N4/c1-21-18-25-24-10-3-4-11-26(24)33-27(25)28(35(21)20-29(31)12-6-13-29)22-8-5-9-23(19-22)34(2)17-16-32-15-7-14-30/h3-5,8-11,19,21,28,32-33H,6-7,12-18,20H2,1-2H3/t21-,28?/m1/s1. The number of aromatic nitrogens is 1. The van der Waals surface area contributed by atoms with Gasteiger partial charge in [-0.1, -0.05) is 30.3 Å². The van der Waals surface area contributed by atoms with Gasteiger partial charge in [-0.05, 0) is 74.9 Å². The SMILES string of the molecule is C[C@@H]1Cc2c([nH]c3ccccc23)C(c2cccc(N(C)CCNCCCF)c2)N1CC1(F)CCC1. The summed E-state index contributed by atoms with van der Waals surface area (Å²) in [5.74, 6) is 0. The number of H-pyrrole nitrogens is 1. The third kappa shape index (κ3) is 4.96. The van der Waals surface area contributed by atoms with Gasteiger partial charge >= 0.3 is 0 Å². The number of rotatable bonds is 10. The fourth-order valence-electron chi connectivity index (χ4n) is 5.78. The molecule has 0 radical (unpaired) electrons. The second-order valence-corrected chi connectivity index (χ2v) is 10.5. The first-order valence-electron chi connectivity index (χ1n) is 13.1. The lowest BCUT2D eigenvalue weighted by Crippen LogP contribution is -2.51. The Labute approximate surface area is 207 Å². The summed E-state index contributed by atoms with van der Waals surface area (Å²) < 4.78 is 27.8. The van der Waals surface area contributed by atoms with Crippen LogP contribution in [-0.2, 0) is 6.42 Å². The number of benzene rings is 2. The molecule has 2 atom stereocenters. The van der Waals surface area contributed by atoms with E-state index in [1.165, 1.54) is 22.2 Å². The van der Waals surface area contributed by atoms with Crippen LogP contribution in [0.4, 0.5) is 14.5 Å².